The van der Waals surface area contributed by atoms with Crippen molar-refractivity contribution >= 4 is 98.1 Å². The molecule has 0 bridgehead atoms. The van der Waals surface area contributed by atoms with Gasteiger partial charge in [-0.25, -0.2) is 0 Å². The summed E-state index contributed by atoms with van der Waals surface area (Å²) in [5, 5.41) is 34.8. The van der Waals surface area contributed by atoms with Crippen molar-refractivity contribution in [2.75, 3.05) is 0 Å². The molecule has 66 heavy (non-hydrogen) atoms. The zero-order valence-electron chi connectivity index (χ0n) is 35.2. The van der Waals surface area contributed by atoms with Crippen molar-refractivity contribution in [3.8, 4) is 40.3 Å². The molecule has 4 heterocycles. The van der Waals surface area contributed by atoms with Crippen LogP contribution in [0, 0.1) is 22.7 Å². The number of hydrogen-bond donors (Lipinski definition) is 0. The van der Waals surface area contributed by atoms with Gasteiger partial charge in [-0.3, -0.25) is 0 Å². The van der Waals surface area contributed by atoms with E-state index in [1.807, 2.05) is 24.3 Å². The van der Waals surface area contributed by atoms with Gasteiger partial charge in [-0.15, -0.1) is 0 Å². The summed E-state index contributed by atoms with van der Waals surface area (Å²) in [6, 6.07) is 74.8. The normalized spacial score (nSPS) is 11.9. The van der Waals surface area contributed by atoms with Crippen LogP contribution in [0.15, 0.2) is 205 Å². The summed E-state index contributed by atoms with van der Waals surface area (Å²) in [4.78, 5) is 0. The summed E-state index contributed by atoms with van der Waals surface area (Å²) in [5.74, 6) is 0. The van der Waals surface area contributed by atoms with E-state index in [0.717, 1.165) is 109 Å². The third kappa shape index (κ3) is 4.82. The van der Waals surface area contributed by atoms with Crippen molar-refractivity contribution in [3.05, 3.63) is 211 Å². The van der Waals surface area contributed by atoms with Gasteiger partial charge in [0.25, 0.3) is 0 Å². The molecule has 0 aliphatic heterocycles. The van der Waals surface area contributed by atoms with Gasteiger partial charge in [0.1, 0.15) is 34.4 Å². The fourth-order valence-corrected chi connectivity index (χ4v) is 11.0. The summed E-state index contributed by atoms with van der Waals surface area (Å²) in [6.45, 7) is 0. The monoisotopic (exact) mass is 839 g/mol. The van der Waals surface area contributed by atoms with Crippen molar-refractivity contribution in [2.24, 2.45) is 0 Å². The molecule has 0 atom stereocenters. The Morgan fingerprint density at radius 2 is 0.742 bits per heavy atom. The zero-order valence-corrected chi connectivity index (χ0v) is 35.2. The van der Waals surface area contributed by atoms with E-state index in [1.54, 1.807) is 0 Å². The summed E-state index contributed by atoms with van der Waals surface area (Å²) in [5.41, 5.74) is 11.3. The Labute approximate surface area is 376 Å². The number of para-hydroxylation sites is 6. The Morgan fingerprint density at radius 3 is 1.26 bits per heavy atom. The van der Waals surface area contributed by atoms with E-state index >= 15 is 0 Å². The lowest BCUT2D eigenvalue weighted by atomic mass is 9.90. The molecular weight excluding hydrogens is 807 g/mol. The minimum Gasteiger partial charge on any atom is -0.456 e. The molecule has 0 radical (unpaired) electrons. The Bertz CT molecular complexity index is 4240. The van der Waals surface area contributed by atoms with Gasteiger partial charge in [0.05, 0.1) is 50.2 Å². The molecule has 14 rings (SSSR count). The van der Waals surface area contributed by atoms with Gasteiger partial charge in [-0.1, -0.05) is 146 Å². The van der Waals surface area contributed by atoms with Crippen LogP contribution in [0.2, 0.25) is 0 Å². The molecule has 0 saturated heterocycles. The summed E-state index contributed by atoms with van der Waals surface area (Å²) < 4.78 is 13.3. The maximum atomic E-state index is 12.2. The highest BCUT2D eigenvalue weighted by Gasteiger charge is 2.33. The largest absolute Gasteiger partial charge is 0.456 e. The van der Waals surface area contributed by atoms with Crippen LogP contribution in [-0.2, 0) is 0 Å². The fourth-order valence-electron chi connectivity index (χ4n) is 11.0. The van der Waals surface area contributed by atoms with E-state index in [-0.39, 0.29) is 0 Å². The molecule has 0 aliphatic rings. The zero-order chi connectivity index (χ0) is 43.6. The average molecular weight is 840 g/mol. The fraction of sp³-hybridized carbons (Fsp3) is 0. The van der Waals surface area contributed by atoms with Crippen LogP contribution in [0.4, 0.5) is 0 Å². The molecule has 6 heteroatoms. The van der Waals surface area contributed by atoms with Gasteiger partial charge < -0.3 is 18.1 Å². The highest BCUT2D eigenvalue weighted by Crippen LogP contribution is 2.49. The Kier molecular flexibility index (Phi) is 7.43. The van der Waals surface area contributed by atoms with E-state index in [9.17, 15) is 10.5 Å². The van der Waals surface area contributed by atoms with Crippen LogP contribution < -0.4 is 0 Å². The molecule has 14 aromatic rings. The van der Waals surface area contributed by atoms with E-state index < -0.39 is 0 Å². The predicted molar refractivity (Wildman–Crippen MR) is 269 cm³/mol. The lowest BCUT2D eigenvalue weighted by Gasteiger charge is -2.26. The van der Waals surface area contributed by atoms with Crippen LogP contribution in [0.5, 0.6) is 0 Å². The second kappa shape index (κ2) is 13.6. The third-order valence-electron chi connectivity index (χ3n) is 13.7. The van der Waals surface area contributed by atoms with Gasteiger partial charge in [-0.05, 0) is 64.9 Å². The number of furan rings is 1. The van der Waals surface area contributed by atoms with Crippen LogP contribution >= 0.6 is 0 Å². The number of rotatable bonds is 4. The van der Waals surface area contributed by atoms with Gasteiger partial charge in [0.15, 0.2) is 0 Å². The maximum Gasteiger partial charge on any atom is 0.137 e. The lowest BCUT2D eigenvalue weighted by molar-refractivity contribution is 0.669. The first-order chi connectivity index (χ1) is 32.7. The van der Waals surface area contributed by atoms with Crippen molar-refractivity contribution in [3.63, 3.8) is 0 Å². The first-order valence-corrected chi connectivity index (χ1v) is 22.1. The van der Waals surface area contributed by atoms with Gasteiger partial charge in [0, 0.05) is 54.7 Å². The topological polar surface area (TPSA) is 75.5 Å². The molecular formula is C60H33N5O. The molecule has 6 nitrogen and oxygen atoms in total. The summed E-state index contributed by atoms with van der Waals surface area (Å²) in [6.07, 6.45) is 0. The molecule has 0 amide bonds. The van der Waals surface area contributed by atoms with Crippen LogP contribution in [-0.4, -0.2) is 13.7 Å². The van der Waals surface area contributed by atoms with E-state index in [1.165, 1.54) is 0 Å². The van der Waals surface area contributed by atoms with Gasteiger partial charge in [-0.2, -0.15) is 10.5 Å². The Balaban J connectivity index is 1.28. The van der Waals surface area contributed by atoms with Crippen molar-refractivity contribution in [1.82, 2.24) is 13.7 Å². The van der Waals surface area contributed by atoms with Gasteiger partial charge in [0.2, 0.25) is 0 Å². The number of nitrogens with zero attached hydrogens (tertiary/aromatic N) is 5. The smallest absolute Gasteiger partial charge is 0.137 e. The van der Waals surface area contributed by atoms with Crippen molar-refractivity contribution in [2.45, 2.75) is 0 Å². The van der Waals surface area contributed by atoms with E-state index in [0.29, 0.717) is 28.2 Å². The molecule has 304 valence electrons. The number of nitriles is 2. The van der Waals surface area contributed by atoms with Crippen LogP contribution in [0.3, 0.4) is 0 Å². The molecule has 0 unspecified atom stereocenters. The minimum absolute atomic E-state index is 0.373. The number of benzene rings is 10. The number of fused-ring (bicyclic) bond motifs is 13. The minimum atomic E-state index is 0.373. The van der Waals surface area contributed by atoms with Crippen molar-refractivity contribution in [1.29, 1.82) is 10.5 Å². The van der Waals surface area contributed by atoms with Gasteiger partial charge >= 0.3 is 0 Å². The molecule has 0 saturated carbocycles. The summed E-state index contributed by atoms with van der Waals surface area (Å²) >= 11 is 0. The Morgan fingerprint density at radius 1 is 0.318 bits per heavy atom. The second-order valence-electron chi connectivity index (χ2n) is 17.0. The third-order valence-corrected chi connectivity index (χ3v) is 13.7. The SMILES string of the molecule is N#Cc1c(-n2c3ccccc3c3cc4c(cc32)oc2ccccc24)c(C#N)c(-n2c3ccccc3c3ccccc32)c(-c2ccc3ccccc3c2)c1-n1c2ccccc2c2ccccc21. The highest BCUT2D eigenvalue weighted by atomic mass is 16.3. The van der Waals surface area contributed by atoms with Crippen LogP contribution in [0.25, 0.3) is 126 Å². The Hall–Kier alpha value is -9.36. The standard InChI is InChI=1S/C60H33N5O/c61-34-47-58(65-53-27-13-7-21-43(53)45-32-46-44-22-8-14-28-55(44)66-56(46)33-54(45)65)48(35-62)60(64-51-25-11-5-19-41(51)42-20-6-12-26-52(42)64)57(38-30-29-36-15-1-2-16-37(36)31-38)59(47)63-49-23-9-3-17-39(49)40-18-4-10-24-50(40)63/h1-33H. The number of aromatic nitrogens is 3. The molecule has 0 spiro atoms. The highest BCUT2D eigenvalue weighted by molar-refractivity contribution is 6.19. The summed E-state index contributed by atoms with van der Waals surface area (Å²) in [7, 11) is 0. The van der Waals surface area contributed by atoms with Crippen LogP contribution in [0.1, 0.15) is 11.1 Å². The predicted octanol–water partition coefficient (Wildman–Crippen LogP) is 15.4. The first kappa shape index (κ1) is 36.2. The molecule has 10 aromatic carbocycles. The molecule has 0 aliphatic carbocycles. The first-order valence-electron chi connectivity index (χ1n) is 22.1. The molecule has 0 N–H and O–H groups in total. The second-order valence-corrected chi connectivity index (χ2v) is 17.0. The molecule has 4 aromatic heterocycles. The quantitative estimate of drug-likeness (QED) is 0.177. The van der Waals surface area contributed by atoms with Crippen molar-refractivity contribution < 1.29 is 4.42 Å². The molecule has 0 fully saturated rings. The van der Waals surface area contributed by atoms with E-state index in [4.69, 9.17) is 4.42 Å². The van der Waals surface area contributed by atoms with E-state index in [2.05, 4.69) is 202 Å². The maximum absolute atomic E-state index is 12.2. The average Bonchev–Trinajstić information content (AvgIpc) is 4.11. The lowest BCUT2D eigenvalue weighted by Crippen LogP contribution is -2.14. The number of hydrogen-bond acceptors (Lipinski definition) is 3.